The van der Waals surface area contributed by atoms with Gasteiger partial charge in [-0.1, -0.05) is 23.7 Å². The number of nitrogens with one attached hydrogen (secondary N) is 1. The first-order valence-corrected chi connectivity index (χ1v) is 8.50. The molecule has 0 bridgehead atoms. The molecule has 3 aromatic rings. The summed E-state index contributed by atoms with van der Waals surface area (Å²) in [6.45, 7) is 1.91. The van der Waals surface area contributed by atoms with Gasteiger partial charge < -0.3 is 5.32 Å². The molecule has 130 valence electrons. The number of aromatic nitrogens is 2. The second kappa shape index (κ2) is 6.18. The van der Waals surface area contributed by atoms with Crippen molar-refractivity contribution in [3.05, 3.63) is 77.1 Å². The van der Waals surface area contributed by atoms with Crippen molar-refractivity contribution >= 4 is 23.2 Å². The molecule has 0 saturated carbocycles. The zero-order chi connectivity index (χ0) is 18.3. The maximum atomic E-state index is 13.5. The minimum Gasteiger partial charge on any atom is -0.325 e. The number of nitrogens with zero attached hydrogens (tertiary/aromatic N) is 2. The highest BCUT2D eigenvalue weighted by Gasteiger charge is 2.42. The third-order valence-electron chi connectivity index (χ3n) is 4.79. The van der Waals surface area contributed by atoms with Gasteiger partial charge in [0.2, 0.25) is 5.91 Å². The molecule has 1 aliphatic rings. The van der Waals surface area contributed by atoms with Crippen LogP contribution in [0.3, 0.4) is 0 Å². The molecule has 1 N–H and O–H groups in total. The van der Waals surface area contributed by atoms with E-state index in [0.29, 0.717) is 6.42 Å². The molecule has 0 fully saturated rings. The van der Waals surface area contributed by atoms with Crippen molar-refractivity contribution in [3.8, 4) is 11.1 Å². The molecule has 0 unspecified atom stereocenters. The quantitative estimate of drug-likeness (QED) is 0.747. The number of benzene rings is 2. The minimum atomic E-state index is -0.736. The number of halogens is 2. The topological polar surface area (TPSA) is 54.9 Å². The number of rotatable bonds is 3. The molecule has 2 heterocycles. The van der Waals surface area contributed by atoms with E-state index in [1.165, 1.54) is 12.4 Å². The Labute approximate surface area is 155 Å². The second-order valence-corrected chi connectivity index (χ2v) is 7.01. The molecule has 2 aromatic carbocycles. The minimum absolute atomic E-state index is 0.0642. The SMILES string of the molecule is C[C@]1(Cc2cncnc2)C(=O)Nc2ccc(-c3ccc(F)c(Cl)c3)cc21. The number of anilines is 1. The van der Waals surface area contributed by atoms with E-state index in [4.69, 9.17) is 11.6 Å². The molecule has 1 atom stereocenters. The Morgan fingerprint density at radius 1 is 1.12 bits per heavy atom. The molecule has 0 aliphatic carbocycles. The molecule has 0 spiro atoms. The van der Waals surface area contributed by atoms with Gasteiger partial charge in [0.1, 0.15) is 12.1 Å². The number of hydrogen-bond acceptors (Lipinski definition) is 3. The van der Waals surface area contributed by atoms with E-state index >= 15 is 0 Å². The van der Waals surface area contributed by atoms with Gasteiger partial charge >= 0.3 is 0 Å². The van der Waals surface area contributed by atoms with Crippen molar-refractivity contribution in [1.82, 2.24) is 9.97 Å². The van der Waals surface area contributed by atoms with Crippen LogP contribution in [-0.4, -0.2) is 15.9 Å². The Morgan fingerprint density at radius 3 is 2.54 bits per heavy atom. The number of carbonyl (C=O) groups is 1. The number of fused-ring (bicyclic) bond motifs is 1. The highest BCUT2D eigenvalue weighted by Crippen LogP contribution is 2.42. The molecular weight excluding hydrogens is 353 g/mol. The fourth-order valence-electron chi connectivity index (χ4n) is 3.35. The fraction of sp³-hybridized carbons (Fsp3) is 0.150. The van der Waals surface area contributed by atoms with Crippen LogP contribution in [0.2, 0.25) is 5.02 Å². The summed E-state index contributed by atoms with van der Waals surface area (Å²) in [5.74, 6) is -0.520. The molecule has 4 nitrogen and oxygen atoms in total. The van der Waals surface area contributed by atoms with Crippen molar-refractivity contribution in [2.24, 2.45) is 0 Å². The summed E-state index contributed by atoms with van der Waals surface area (Å²) in [5, 5.41) is 3.01. The van der Waals surface area contributed by atoms with Gasteiger partial charge in [0, 0.05) is 18.1 Å². The Kier molecular flexibility index (Phi) is 3.96. The predicted molar refractivity (Wildman–Crippen MR) is 98.6 cm³/mol. The van der Waals surface area contributed by atoms with E-state index in [1.54, 1.807) is 24.5 Å². The zero-order valence-electron chi connectivity index (χ0n) is 14.0. The Balaban J connectivity index is 1.78. The smallest absolute Gasteiger partial charge is 0.235 e. The van der Waals surface area contributed by atoms with Crippen molar-refractivity contribution in [3.63, 3.8) is 0 Å². The predicted octanol–water partition coefficient (Wildman–Crippen LogP) is 4.39. The summed E-state index contributed by atoms with van der Waals surface area (Å²) < 4.78 is 13.5. The first-order chi connectivity index (χ1) is 12.5. The summed E-state index contributed by atoms with van der Waals surface area (Å²) in [6, 6.07) is 10.3. The Morgan fingerprint density at radius 2 is 1.81 bits per heavy atom. The summed E-state index contributed by atoms with van der Waals surface area (Å²) >= 11 is 5.91. The highest BCUT2D eigenvalue weighted by atomic mass is 35.5. The Bertz CT molecular complexity index is 1010. The van der Waals surface area contributed by atoms with E-state index in [9.17, 15) is 9.18 Å². The van der Waals surface area contributed by atoms with Crippen LogP contribution in [0.15, 0.2) is 55.1 Å². The molecule has 26 heavy (non-hydrogen) atoms. The van der Waals surface area contributed by atoms with Gasteiger partial charge in [-0.3, -0.25) is 4.79 Å². The van der Waals surface area contributed by atoms with E-state index in [0.717, 1.165) is 27.9 Å². The van der Waals surface area contributed by atoms with Crippen LogP contribution in [0.4, 0.5) is 10.1 Å². The maximum absolute atomic E-state index is 13.5. The number of hydrogen-bond donors (Lipinski definition) is 1. The third kappa shape index (κ3) is 2.74. The molecular formula is C20H15ClFN3O. The first kappa shape index (κ1) is 16.7. The van der Waals surface area contributed by atoms with Crippen molar-refractivity contribution < 1.29 is 9.18 Å². The first-order valence-electron chi connectivity index (χ1n) is 8.13. The van der Waals surface area contributed by atoms with E-state index < -0.39 is 11.2 Å². The van der Waals surface area contributed by atoms with Gasteiger partial charge in [0.25, 0.3) is 0 Å². The lowest BCUT2D eigenvalue weighted by Gasteiger charge is -2.22. The van der Waals surface area contributed by atoms with Gasteiger partial charge in [0.05, 0.1) is 10.4 Å². The summed E-state index contributed by atoms with van der Waals surface area (Å²) in [5.41, 5.74) is 3.49. The average molecular weight is 368 g/mol. The largest absolute Gasteiger partial charge is 0.325 e. The summed E-state index contributed by atoms with van der Waals surface area (Å²) in [4.78, 5) is 20.7. The van der Waals surface area contributed by atoms with Crippen molar-refractivity contribution in [1.29, 1.82) is 0 Å². The van der Waals surface area contributed by atoms with Gasteiger partial charge in [-0.25, -0.2) is 14.4 Å². The van der Waals surface area contributed by atoms with Crippen LogP contribution in [-0.2, 0) is 16.6 Å². The highest BCUT2D eigenvalue weighted by molar-refractivity contribution is 6.31. The van der Waals surface area contributed by atoms with Crippen molar-refractivity contribution in [2.45, 2.75) is 18.8 Å². The lowest BCUT2D eigenvalue weighted by atomic mass is 9.78. The van der Waals surface area contributed by atoms with Crippen LogP contribution in [0, 0.1) is 5.82 Å². The van der Waals surface area contributed by atoms with Crippen LogP contribution < -0.4 is 5.32 Å². The molecule has 0 saturated heterocycles. The monoisotopic (exact) mass is 367 g/mol. The molecule has 1 amide bonds. The van der Waals surface area contributed by atoms with Gasteiger partial charge in [0.15, 0.2) is 0 Å². The Hall–Kier alpha value is -2.79. The number of carbonyl (C=O) groups excluding carboxylic acids is 1. The van der Waals surface area contributed by atoms with E-state index in [2.05, 4.69) is 15.3 Å². The normalized spacial score (nSPS) is 18.5. The van der Waals surface area contributed by atoms with Gasteiger partial charge in [-0.15, -0.1) is 0 Å². The summed E-state index contributed by atoms with van der Waals surface area (Å²) in [7, 11) is 0. The third-order valence-corrected chi connectivity index (χ3v) is 5.08. The lowest BCUT2D eigenvalue weighted by molar-refractivity contribution is -0.120. The molecule has 6 heteroatoms. The van der Waals surface area contributed by atoms with Crippen LogP contribution in [0.5, 0.6) is 0 Å². The molecule has 1 aliphatic heterocycles. The fourth-order valence-corrected chi connectivity index (χ4v) is 3.53. The van der Waals surface area contributed by atoms with Crippen molar-refractivity contribution in [2.75, 3.05) is 5.32 Å². The van der Waals surface area contributed by atoms with Gasteiger partial charge in [-0.05, 0) is 59.9 Å². The zero-order valence-corrected chi connectivity index (χ0v) is 14.7. The standard InChI is InChI=1S/C20H15ClFN3O/c1-20(8-12-9-23-11-24-10-12)15-6-13(3-5-18(15)25-19(20)26)14-2-4-17(22)16(21)7-14/h2-7,9-11H,8H2,1H3,(H,25,26)/t20-/m1/s1. The van der Waals surface area contributed by atoms with E-state index in [-0.39, 0.29) is 10.9 Å². The van der Waals surface area contributed by atoms with Crippen LogP contribution in [0.25, 0.3) is 11.1 Å². The average Bonchev–Trinajstić information content (AvgIpc) is 2.88. The van der Waals surface area contributed by atoms with Gasteiger partial charge in [-0.2, -0.15) is 0 Å². The second-order valence-electron chi connectivity index (χ2n) is 6.60. The summed E-state index contributed by atoms with van der Waals surface area (Å²) in [6.07, 6.45) is 5.38. The van der Waals surface area contributed by atoms with Crippen LogP contribution in [0.1, 0.15) is 18.1 Å². The van der Waals surface area contributed by atoms with E-state index in [1.807, 2.05) is 25.1 Å². The molecule has 0 radical (unpaired) electrons. The van der Waals surface area contributed by atoms with Crippen LogP contribution >= 0.6 is 11.6 Å². The molecule has 1 aromatic heterocycles. The maximum Gasteiger partial charge on any atom is 0.235 e. The molecule has 4 rings (SSSR count). The number of amides is 1. The lowest BCUT2D eigenvalue weighted by Crippen LogP contribution is -2.33.